The normalized spacial score (nSPS) is 10.6. The molecule has 0 fully saturated rings. The Morgan fingerprint density at radius 2 is 1.31 bits per heavy atom. The van der Waals surface area contributed by atoms with Crippen molar-refractivity contribution in [3.8, 4) is 0 Å². The first-order valence-corrected chi connectivity index (χ1v) is 7.97. The van der Waals surface area contributed by atoms with E-state index in [0.717, 1.165) is 16.6 Å². The van der Waals surface area contributed by atoms with Crippen LogP contribution in [0, 0.1) is 0 Å². The van der Waals surface area contributed by atoms with Crippen molar-refractivity contribution in [3.63, 3.8) is 0 Å². The second kappa shape index (κ2) is 7.46. The van der Waals surface area contributed by atoms with Crippen molar-refractivity contribution in [2.75, 3.05) is 0 Å². The van der Waals surface area contributed by atoms with E-state index in [1.807, 2.05) is 60.7 Å². The molecule has 123 valence electrons. The number of fused-ring (bicyclic) bond motifs is 2. The maximum Gasteiger partial charge on any atom is 0.335 e. The Morgan fingerprint density at radius 3 is 1.81 bits per heavy atom. The van der Waals surface area contributed by atoms with E-state index < -0.39 is 5.97 Å². The molecule has 0 saturated carbocycles. The number of carboxylic acid groups (broad SMARTS) is 1. The number of benzene rings is 3. The van der Waals surface area contributed by atoms with Gasteiger partial charge in [-0.2, -0.15) is 0 Å². The molecule has 3 aromatic carbocycles. The standard InChI is InChI=1S/C21H15NO3.Na/c23-20-16-5-1-3-7-18(16)22(19-8-4-2-6-17(19)20)13-14-9-11-15(12-10-14)21(24)25;/h1-12H,13H2,(H,24,25);. The van der Waals surface area contributed by atoms with Crippen molar-refractivity contribution in [2.45, 2.75) is 6.54 Å². The molecule has 1 radical (unpaired) electrons. The second-order valence-corrected chi connectivity index (χ2v) is 5.95. The molecule has 0 spiro atoms. The Labute approximate surface area is 172 Å². The fourth-order valence-corrected chi connectivity index (χ4v) is 3.18. The first kappa shape index (κ1) is 18.4. The summed E-state index contributed by atoms with van der Waals surface area (Å²) in [6, 6.07) is 22.0. The maximum absolute atomic E-state index is 12.7. The van der Waals surface area contributed by atoms with Gasteiger partial charge in [-0.05, 0) is 42.0 Å². The van der Waals surface area contributed by atoms with E-state index in [-0.39, 0.29) is 40.5 Å². The van der Waals surface area contributed by atoms with Crippen LogP contribution < -0.4 is 5.43 Å². The van der Waals surface area contributed by atoms with Gasteiger partial charge < -0.3 is 9.67 Å². The molecule has 0 bridgehead atoms. The fourth-order valence-electron chi connectivity index (χ4n) is 3.18. The third kappa shape index (κ3) is 3.19. The summed E-state index contributed by atoms with van der Waals surface area (Å²) >= 11 is 0. The zero-order chi connectivity index (χ0) is 17.4. The first-order chi connectivity index (χ1) is 12.1. The Bertz CT molecular complexity index is 1100. The van der Waals surface area contributed by atoms with Gasteiger partial charge in [-0.3, -0.25) is 4.79 Å². The summed E-state index contributed by atoms with van der Waals surface area (Å²) < 4.78 is 2.10. The number of hydrogen-bond donors (Lipinski definition) is 1. The van der Waals surface area contributed by atoms with Crippen LogP contribution in [0.5, 0.6) is 0 Å². The van der Waals surface area contributed by atoms with Gasteiger partial charge >= 0.3 is 5.97 Å². The minimum atomic E-state index is -0.939. The van der Waals surface area contributed by atoms with Gasteiger partial charge in [0.25, 0.3) is 0 Å². The summed E-state index contributed by atoms with van der Waals surface area (Å²) in [7, 11) is 0. The van der Waals surface area contributed by atoms with Crippen LogP contribution in [0.25, 0.3) is 21.8 Å². The Kier molecular flexibility index (Phi) is 5.28. The number of hydrogen-bond acceptors (Lipinski definition) is 2. The number of aromatic nitrogens is 1. The number of pyridine rings is 1. The predicted octanol–water partition coefficient (Wildman–Crippen LogP) is 3.52. The van der Waals surface area contributed by atoms with Crippen LogP contribution in [0.4, 0.5) is 0 Å². The minimum absolute atomic E-state index is 0. The quantitative estimate of drug-likeness (QED) is 0.453. The molecule has 5 heteroatoms. The summed E-state index contributed by atoms with van der Waals surface area (Å²) in [5, 5.41) is 10.4. The summed E-state index contributed by atoms with van der Waals surface area (Å²) in [5.74, 6) is -0.939. The van der Waals surface area contributed by atoms with Crippen molar-refractivity contribution >= 4 is 57.3 Å². The van der Waals surface area contributed by atoms with E-state index in [4.69, 9.17) is 5.11 Å². The third-order valence-corrected chi connectivity index (χ3v) is 4.42. The monoisotopic (exact) mass is 352 g/mol. The molecule has 0 aliphatic carbocycles. The molecular weight excluding hydrogens is 337 g/mol. The van der Waals surface area contributed by atoms with Crippen LogP contribution in [-0.2, 0) is 6.54 Å². The predicted molar refractivity (Wildman–Crippen MR) is 104 cm³/mol. The molecule has 0 unspecified atom stereocenters. The molecule has 4 nitrogen and oxygen atoms in total. The zero-order valence-electron chi connectivity index (χ0n) is 14.3. The molecule has 1 N–H and O–H groups in total. The van der Waals surface area contributed by atoms with Crippen LogP contribution >= 0.6 is 0 Å². The number of rotatable bonds is 3. The Morgan fingerprint density at radius 1 is 0.808 bits per heavy atom. The molecule has 26 heavy (non-hydrogen) atoms. The number of carbonyl (C=O) groups is 1. The molecular formula is C21H15NNaO3. The molecule has 1 heterocycles. The van der Waals surface area contributed by atoms with E-state index in [0.29, 0.717) is 17.3 Å². The first-order valence-electron chi connectivity index (χ1n) is 7.97. The third-order valence-electron chi connectivity index (χ3n) is 4.42. The van der Waals surface area contributed by atoms with Crippen LogP contribution in [0.15, 0.2) is 77.6 Å². The summed E-state index contributed by atoms with van der Waals surface area (Å²) in [4.78, 5) is 23.8. The van der Waals surface area contributed by atoms with Crippen molar-refractivity contribution in [1.29, 1.82) is 0 Å². The average molecular weight is 352 g/mol. The molecule has 4 rings (SSSR count). The smallest absolute Gasteiger partial charge is 0.335 e. The fraction of sp³-hybridized carbons (Fsp3) is 0.0476. The van der Waals surface area contributed by atoms with E-state index >= 15 is 0 Å². The molecule has 0 atom stereocenters. The van der Waals surface area contributed by atoms with Crippen molar-refractivity contribution in [3.05, 3.63) is 94.1 Å². The molecule has 0 aliphatic rings. The van der Waals surface area contributed by atoms with Crippen molar-refractivity contribution in [1.82, 2.24) is 4.57 Å². The van der Waals surface area contributed by atoms with Gasteiger partial charge in [0.15, 0.2) is 5.43 Å². The molecule has 4 aromatic rings. The number of para-hydroxylation sites is 2. The van der Waals surface area contributed by atoms with Crippen LogP contribution in [0.3, 0.4) is 0 Å². The molecule has 0 amide bonds. The van der Waals surface area contributed by atoms with Gasteiger partial charge in [0.2, 0.25) is 0 Å². The van der Waals surface area contributed by atoms with Gasteiger partial charge in [-0.25, -0.2) is 4.79 Å². The SMILES string of the molecule is O=C(O)c1ccc(Cn2c3ccccc3c(=O)c3ccccc32)cc1.[Na]. The largest absolute Gasteiger partial charge is 0.478 e. The maximum atomic E-state index is 12.7. The van der Waals surface area contributed by atoms with E-state index in [9.17, 15) is 9.59 Å². The van der Waals surface area contributed by atoms with Crippen molar-refractivity contribution < 1.29 is 9.90 Å². The summed E-state index contributed by atoms with van der Waals surface area (Å²) in [6.45, 7) is 0.557. The molecule has 1 aromatic heterocycles. The Balaban J connectivity index is 0.00000196. The van der Waals surface area contributed by atoms with Gasteiger partial charge in [0.1, 0.15) is 0 Å². The molecule has 0 aliphatic heterocycles. The summed E-state index contributed by atoms with van der Waals surface area (Å²) in [6.07, 6.45) is 0. The molecule has 0 saturated heterocycles. The number of carboxylic acids is 1. The van der Waals surface area contributed by atoms with Crippen LogP contribution in [0.2, 0.25) is 0 Å². The zero-order valence-corrected chi connectivity index (χ0v) is 16.3. The van der Waals surface area contributed by atoms with Crippen molar-refractivity contribution in [2.24, 2.45) is 0 Å². The Hall–Kier alpha value is -2.40. The van der Waals surface area contributed by atoms with Gasteiger partial charge in [-0.15, -0.1) is 0 Å². The van der Waals surface area contributed by atoms with Gasteiger partial charge in [0, 0.05) is 46.9 Å². The van der Waals surface area contributed by atoms with Gasteiger partial charge in [-0.1, -0.05) is 36.4 Å². The van der Waals surface area contributed by atoms with E-state index in [2.05, 4.69) is 4.57 Å². The number of nitrogens with zero attached hydrogens (tertiary/aromatic N) is 1. The minimum Gasteiger partial charge on any atom is -0.478 e. The van der Waals surface area contributed by atoms with Crippen LogP contribution in [0.1, 0.15) is 15.9 Å². The van der Waals surface area contributed by atoms with Gasteiger partial charge in [0.05, 0.1) is 16.6 Å². The average Bonchev–Trinajstić information content (AvgIpc) is 2.65. The number of aromatic carboxylic acids is 1. The summed E-state index contributed by atoms with van der Waals surface area (Å²) in [5.41, 5.74) is 3.01. The second-order valence-electron chi connectivity index (χ2n) is 5.95. The van der Waals surface area contributed by atoms with E-state index in [1.54, 1.807) is 12.1 Å². The van der Waals surface area contributed by atoms with E-state index in [1.165, 1.54) is 0 Å². The van der Waals surface area contributed by atoms with Crippen LogP contribution in [-0.4, -0.2) is 45.2 Å². The topological polar surface area (TPSA) is 59.3 Å².